The number of halogens is 2. The molecule has 0 aliphatic heterocycles. The van der Waals surface area contributed by atoms with Crippen LogP contribution in [0.4, 0.5) is 9.18 Å². The van der Waals surface area contributed by atoms with Crippen LogP contribution in [-0.4, -0.2) is 52.9 Å². The Kier molecular flexibility index (Phi) is 9.93. The van der Waals surface area contributed by atoms with E-state index in [1.165, 1.54) is 17.0 Å². The van der Waals surface area contributed by atoms with Gasteiger partial charge in [-0.05, 0) is 80.2 Å². The molecule has 1 aromatic carbocycles. The molecule has 0 saturated heterocycles. The molecule has 0 saturated carbocycles. The van der Waals surface area contributed by atoms with Crippen molar-refractivity contribution in [2.75, 3.05) is 19.8 Å². The number of rotatable bonds is 8. The number of hydrogen-bond acceptors (Lipinski definition) is 6. The molecular weight excluding hydrogens is 547 g/mol. The van der Waals surface area contributed by atoms with Gasteiger partial charge in [-0.2, -0.15) is 0 Å². The number of amides is 1. The average Bonchev–Trinajstić information content (AvgIpc) is 3.05. The number of benzene rings is 1. The van der Waals surface area contributed by atoms with Gasteiger partial charge >= 0.3 is 18.0 Å². The molecule has 0 N–H and O–H groups in total. The van der Waals surface area contributed by atoms with E-state index in [4.69, 9.17) is 14.2 Å². The van der Waals surface area contributed by atoms with Crippen molar-refractivity contribution < 1.29 is 33.0 Å². The first-order chi connectivity index (χ1) is 17.1. The van der Waals surface area contributed by atoms with Gasteiger partial charge in [0, 0.05) is 11.3 Å². The Morgan fingerprint density at radius 2 is 1.54 bits per heavy atom. The Balaban J connectivity index is 2.83. The summed E-state index contributed by atoms with van der Waals surface area (Å²) in [5, 5.41) is 0. The second-order valence-electron chi connectivity index (χ2n) is 10.4. The SMILES string of the molecule is CCOC(=O)CN(Cc1c(C(=O)OCC)c(C(C)(C)C)c(Br)n1-c1ccc(F)cc1)C(=O)OC(C)(C)C. The van der Waals surface area contributed by atoms with Gasteiger partial charge in [0.2, 0.25) is 0 Å². The predicted octanol–water partition coefficient (Wildman–Crippen LogP) is 6.15. The zero-order valence-corrected chi connectivity index (χ0v) is 24.3. The van der Waals surface area contributed by atoms with Crippen LogP contribution in [-0.2, 0) is 31.0 Å². The van der Waals surface area contributed by atoms with Crippen molar-refractivity contribution in [1.82, 2.24) is 9.47 Å². The zero-order chi connectivity index (χ0) is 28.1. The monoisotopic (exact) mass is 582 g/mol. The Bertz CT molecular complexity index is 1130. The van der Waals surface area contributed by atoms with E-state index in [9.17, 15) is 18.8 Å². The maximum Gasteiger partial charge on any atom is 0.411 e. The molecule has 0 fully saturated rings. The second kappa shape index (κ2) is 12.1. The van der Waals surface area contributed by atoms with Crippen LogP contribution in [0.15, 0.2) is 28.9 Å². The summed E-state index contributed by atoms with van der Waals surface area (Å²) in [6.07, 6.45) is -0.754. The number of esters is 2. The van der Waals surface area contributed by atoms with Crippen molar-refractivity contribution >= 4 is 34.0 Å². The molecule has 0 spiro atoms. The van der Waals surface area contributed by atoms with Crippen LogP contribution in [0.5, 0.6) is 0 Å². The number of nitrogens with zero attached hydrogens (tertiary/aromatic N) is 2. The van der Waals surface area contributed by atoms with Crippen LogP contribution < -0.4 is 0 Å². The smallest absolute Gasteiger partial charge is 0.411 e. The molecule has 2 rings (SSSR count). The summed E-state index contributed by atoms with van der Waals surface area (Å²) in [6, 6.07) is 5.73. The summed E-state index contributed by atoms with van der Waals surface area (Å²) in [4.78, 5) is 40.2. The van der Waals surface area contributed by atoms with Gasteiger partial charge in [0.25, 0.3) is 0 Å². The molecule has 0 unspecified atom stereocenters. The van der Waals surface area contributed by atoms with Crippen LogP contribution in [0.2, 0.25) is 0 Å². The van der Waals surface area contributed by atoms with E-state index < -0.39 is 41.4 Å². The predicted molar refractivity (Wildman–Crippen MR) is 141 cm³/mol. The van der Waals surface area contributed by atoms with Crippen LogP contribution >= 0.6 is 15.9 Å². The molecule has 0 aliphatic rings. The fourth-order valence-electron chi connectivity index (χ4n) is 3.76. The molecule has 0 atom stereocenters. The molecular formula is C27H36BrFN2O6. The molecule has 1 heterocycles. The standard InChI is InChI=1S/C27H36BrFN2O6/c1-9-35-20(32)16-30(25(34)37-27(6,7)8)15-19-21(24(33)36-10-2)22(26(3,4)5)23(28)31(19)18-13-11-17(29)12-14-18/h11-14H,9-10,15-16H2,1-8H3. The van der Waals surface area contributed by atoms with Crippen molar-refractivity contribution in [3.05, 3.63) is 51.5 Å². The van der Waals surface area contributed by atoms with Gasteiger partial charge in [-0.25, -0.2) is 14.0 Å². The van der Waals surface area contributed by atoms with Gasteiger partial charge in [0.05, 0.1) is 35.6 Å². The third kappa shape index (κ3) is 7.80. The lowest BCUT2D eigenvalue weighted by Crippen LogP contribution is -2.40. The highest BCUT2D eigenvalue weighted by atomic mass is 79.9. The average molecular weight is 583 g/mol. The van der Waals surface area contributed by atoms with Gasteiger partial charge < -0.3 is 18.8 Å². The van der Waals surface area contributed by atoms with Crippen molar-refractivity contribution in [2.24, 2.45) is 0 Å². The van der Waals surface area contributed by atoms with Crippen molar-refractivity contribution in [3.63, 3.8) is 0 Å². The first-order valence-electron chi connectivity index (χ1n) is 12.1. The van der Waals surface area contributed by atoms with Gasteiger partial charge in [-0.1, -0.05) is 20.8 Å². The number of hydrogen-bond donors (Lipinski definition) is 0. The summed E-state index contributed by atoms with van der Waals surface area (Å²) in [7, 11) is 0. The molecule has 2 aromatic rings. The second-order valence-corrected chi connectivity index (χ2v) is 11.2. The lowest BCUT2D eigenvalue weighted by atomic mass is 9.85. The van der Waals surface area contributed by atoms with E-state index >= 15 is 0 Å². The van der Waals surface area contributed by atoms with E-state index in [1.54, 1.807) is 51.3 Å². The highest BCUT2D eigenvalue weighted by Gasteiger charge is 2.36. The number of aromatic nitrogens is 1. The van der Waals surface area contributed by atoms with Gasteiger partial charge in [-0.3, -0.25) is 9.69 Å². The molecule has 1 amide bonds. The number of carbonyl (C=O) groups is 3. The van der Waals surface area contributed by atoms with Gasteiger partial charge in [0.15, 0.2) is 0 Å². The molecule has 8 nitrogen and oxygen atoms in total. The summed E-state index contributed by atoms with van der Waals surface area (Å²) in [6.45, 7) is 14.0. The van der Waals surface area contributed by atoms with E-state index in [1.807, 2.05) is 20.8 Å². The molecule has 0 bridgehead atoms. The maximum atomic E-state index is 13.8. The van der Waals surface area contributed by atoms with Crippen LogP contribution in [0, 0.1) is 5.82 Å². The molecule has 0 radical (unpaired) electrons. The Morgan fingerprint density at radius 3 is 2.03 bits per heavy atom. The van der Waals surface area contributed by atoms with E-state index in [0.29, 0.717) is 21.5 Å². The maximum absolute atomic E-state index is 13.8. The fourth-order valence-corrected chi connectivity index (χ4v) is 4.97. The summed E-state index contributed by atoms with van der Waals surface area (Å²) < 4.78 is 32.1. The van der Waals surface area contributed by atoms with Crippen LogP contribution in [0.1, 0.15) is 77.0 Å². The summed E-state index contributed by atoms with van der Waals surface area (Å²) in [5.74, 6) is -1.63. The quantitative estimate of drug-likeness (QED) is 0.274. The molecule has 37 heavy (non-hydrogen) atoms. The lowest BCUT2D eigenvalue weighted by Gasteiger charge is -2.27. The Hall–Kier alpha value is -2.88. The lowest BCUT2D eigenvalue weighted by molar-refractivity contribution is -0.144. The van der Waals surface area contributed by atoms with Crippen LogP contribution in [0.25, 0.3) is 5.69 Å². The van der Waals surface area contributed by atoms with Gasteiger partial charge in [0.1, 0.15) is 18.0 Å². The molecule has 204 valence electrons. The highest BCUT2D eigenvalue weighted by molar-refractivity contribution is 9.10. The minimum absolute atomic E-state index is 0.139. The summed E-state index contributed by atoms with van der Waals surface area (Å²) in [5.41, 5.74) is 0.457. The third-order valence-corrected chi connectivity index (χ3v) is 5.89. The van der Waals surface area contributed by atoms with E-state index in [0.717, 1.165) is 0 Å². The summed E-state index contributed by atoms with van der Waals surface area (Å²) >= 11 is 3.65. The van der Waals surface area contributed by atoms with Crippen molar-refractivity contribution in [2.45, 2.75) is 73.0 Å². The van der Waals surface area contributed by atoms with Crippen molar-refractivity contribution in [3.8, 4) is 5.69 Å². The van der Waals surface area contributed by atoms with Crippen molar-refractivity contribution in [1.29, 1.82) is 0 Å². The first-order valence-corrected chi connectivity index (χ1v) is 12.9. The number of ether oxygens (including phenoxy) is 3. The highest BCUT2D eigenvalue weighted by Crippen LogP contribution is 2.40. The third-order valence-electron chi connectivity index (χ3n) is 5.14. The first kappa shape index (κ1) is 30.3. The van der Waals surface area contributed by atoms with E-state index in [-0.39, 0.29) is 25.3 Å². The zero-order valence-electron chi connectivity index (χ0n) is 22.7. The molecule has 10 heteroatoms. The Labute approximate surface area is 226 Å². The minimum Gasteiger partial charge on any atom is -0.465 e. The normalized spacial score (nSPS) is 11.7. The van der Waals surface area contributed by atoms with Gasteiger partial charge in [-0.15, -0.1) is 0 Å². The van der Waals surface area contributed by atoms with Crippen LogP contribution in [0.3, 0.4) is 0 Å². The topological polar surface area (TPSA) is 87.1 Å². The minimum atomic E-state index is -0.829. The number of carbonyl (C=O) groups excluding carboxylic acids is 3. The Morgan fingerprint density at radius 1 is 0.973 bits per heavy atom. The molecule has 1 aromatic heterocycles. The largest absolute Gasteiger partial charge is 0.465 e. The fraction of sp³-hybridized carbons (Fsp3) is 0.519. The molecule has 0 aliphatic carbocycles. The van der Waals surface area contributed by atoms with E-state index in [2.05, 4.69) is 15.9 Å².